The monoisotopic (exact) mass is 436 g/mol. The van der Waals surface area contributed by atoms with Crippen molar-refractivity contribution in [3.05, 3.63) is 39.8 Å². The number of carbonyl (C=O) groups is 1. The predicted molar refractivity (Wildman–Crippen MR) is 116 cm³/mol. The van der Waals surface area contributed by atoms with Gasteiger partial charge < -0.3 is 15.2 Å². The van der Waals surface area contributed by atoms with Crippen molar-refractivity contribution in [3.8, 4) is 11.4 Å². The van der Waals surface area contributed by atoms with Crippen molar-refractivity contribution < 1.29 is 19.0 Å². The normalized spacial score (nSPS) is 13.5. The van der Waals surface area contributed by atoms with Gasteiger partial charge in [0.1, 0.15) is 23.1 Å². The second-order valence-corrected chi connectivity index (χ2v) is 8.68. The Bertz CT molecular complexity index is 981. The maximum Gasteiger partial charge on any atom is 0.350 e. The molecule has 9 heteroatoms. The van der Waals surface area contributed by atoms with Gasteiger partial charge in [-0.3, -0.25) is 9.36 Å². The molecule has 172 valence electrons. The lowest BCUT2D eigenvalue weighted by Gasteiger charge is -2.20. The van der Waals surface area contributed by atoms with Crippen molar-refractivity contribution in [2.24, 2.45) is 13.0 Å². The number of nitrogens with one attached hydrogen (secondary N) is 1. The molecule has 0 radical (unpaired) electrons. The Hall–Kier alpha value is -2.68. The molecule has 0 aliphatic heterocycles. The molecule has 0 saturated heterocycles. The molecule has 1 aromatic heterocycles. The molecule has 1 aromatic carbocycles. The minimum atomic E-state index is -0.777. The van der Waals surface area contributed by atoms with Crippen LogP contribution < -0.4 is 15.7 Å². The number of halogens is 1. The van der Waals surface area contributed by atoms with E-state index in [1.807, 2.05) is 34.6 Å². The van der Waals surface area contributed by atoms with E-state index in [0.717, 1.165) is 17.2 Å². The first-order chi connectivity index (χ1) is 14.5. The van der Waals surface area contributed by atoms with Gasteiger partial charge in [-0.05, 0) is 32.3 Å². The third-order valence-corrected chi connectivity index (χ3v) is 4.84. The summed E-state index contributed by atoms with van der Waals surface area (Å²) in [5.41, 5.74) is -0.592. The summed E-state index contributed by atoms with van der Waals surface area (Å²) >= 11 is 0. The number of hydrogen-bond acceptors (Lipinski definition) is 5. The summed E-state index contributed by atoms with van der Waals surface area (Å²) in [6.07, 6.45) is 0.480. The second kappa shape index (κ2) is 10.1. The number of aromatic nitrogens is 3. The van der Waals surface area contributed by atoms with E-state index in [0.29, 0.717) is 11.7 Å². The number of hydrogen-bond donors (Lipinski definition) is 2. The highest BCUT2D eigenvalue weighted by atomic mass is 19.1. The van der Waals surface area contributed by atoms with Crippen LogP contribution in [0.4, 0.5) is 4.39 Å². The lowest BCUT2D eigenvalue weighted by molar-refractivity contribution is 0.0914. The van der Waals surface area contributed by atoms with Crippen LogP contribution in [0.5, 0.6) is 5.75 Å². The molecular weight excluding hydrogens is 403 g/mol. The molecule has 2 atom stereocenters. The number of amides is 1. The summed E-state index contributed by atoms with van der Waals surface area (Å²) in [5.74, 6) is -0.368. The first-order valence-corrected chi connectivity index (χ1v) is 10.5. The van der Waals surface area contributed by atoms with E-state index in [1.165, 1.54) is 10.6 Å². The number of ether oxygens (including phenoxy) is 1. The molecule has 0 aliphatic carbocycles. The van der Waals surface area contributed by atoms with Crippen LogP contribution in [0, 0.1) is 11.7 Å². The Morgan fingerprint density at radius 1 is 1.23 bits per heavy atom. The van der Waals surface area contributed by atoms with Gasteiger partial charge in [-0.2, -0.15) is 4.68 Å². The Morgan fingerprint density at radius 2 is 1.87 bits per heavy atom. The Kier molecular flexibility index (Phi) is 8.00. The SMILES string of the molecule is CC(C)CC(C)Oc1cc(-n2nc(C(C)C)n(C)c2=O)c(F)cc1C(=O)NC(C)CO. The maximum absolute atomic E-state index is 15.1. The van der Waals surface area contributed by atoms with Crippen LogP contribution in [0.25, 0.3) is 5.69 Å². The zero-order valence-corrected chi connectivity index (χ0v) is 19.3. The van der Waals surface area contributed by atoms with E-state index >= 15 is 4.39 Å². The van der Waals surface area contributed by atoms with Gasteiger partial charge in [0.05, 0.1) is 18.3 Å². The molecule has 2 rings (SSSR count). The maximum atomic E-state index is 15.1. The van der Waals surface area contributed by atoms with Crippen molar-refractivity contribution in [1.29, 1.82) is 0 Å². The summed E-state index contributed by atoms with van der Waals surface area (Å²) in [5, 5.41) is 16.1. The van der Waals surface area contributed by atoms with Gasteiger partial charge >= 0.3 is 5.69 Å². The fraction of sp³-hybridized carbons (Fsp3) is 0.591. The van der Waals surface area contributed by atoms with Gasteiger partial charge in [0.15, 0.2) is 0 Å². The van der Waals surface area contributed by atoms with Crippen molar-refractivity contribution in [3.63, 3.8) is 0 Å². The molecule has 2 aromatic rings. The molecule has 0 bridgehead atoms. The molecular formula is C22H33FN4O4. The summed E-state index contributed by atoms with van der Waals surface area (Å²) in [6, 6.07) is 1.87. The minimum Gasteiger partial charge on any atom is -0.490 e. The molecule has 8 nitrogen and oxygen atoms in total. The third kappa shape index (κ3) is 5.72. The average molecular weight is 437 g/mol. The number of carbonyl (C=O) groups excluding carboxylic acids is 1. The highest BCUT2D eigenvalue weighted by Crippen LogP contribution is 2.27. The van der Waals surface area contributed by atoms with E-state index in [1.54, 1.807) is 14.0 Å². The van der Waals surface area contributed by atoms with Crippen LogP contribution in [-0.4, -0.2) is 44.1 Å². The number of rotatable bonds is 9. The number of benzene rings is 1. The highest BCUT2D eigenvalue weighted by molar-refractivity contribution is 5.97. The fourth-order valence-electron chi connectivity index (χ4n) is 3.37. The Balaban J connectivity index is 2.60. The van der Waals surface area contributed by atoms with Crippen LogP contribution in [0.1, 0.15) is 70.1 Å². The summed E-state index contributed by atoms with van der Waals surface area (Å²) < 4.78 is 23.4. The van der Waals surface area contributed by atoms with Gasteiger partial charge in [-0.1, -0.05) is 27.7 Å². The molecule has 2 unspecified atom stereocenters. The Morgan fingerprint density at radius 3 is 2.39 bits per heavy atom. The molecule has 1 amide bonds. The largest absolute Gasteiger partial charge is 0.490 e. The lowest BCUT2D eigenvalue weighted by atomic mass is 10.1. The lowest BCUT2D eigenvalue weighted by Crippen LogP contribution is -2.35. The van der Waals surface area contributed by atoms with Crippen LogP contribution in [-0.2, 0) is 7.05 Å². The molecule has 2 N–H and O–H groups in total. The first kappa shape index (κ1) is 24.6. The van der Waals surface area contributed by atoms with Crippen LogP contribution >= 0.6 is 0 Å². The second-order valence-electron chi connectivity index (χ2n) is 8.68. The smallest absolute Gasteiger partial charge is 0.350 e. The Labute approximate surface area is 182 Å². The minimum absolute atomic E-state index is 0.00906. The molecule has 31 heavy (non-hydrogen) atoms. The molecule has 0 aliphatic rings. The van der Waals surface area contributed by atoms with E-state index in [-0.39, 0.29) is 35.6 Å². The third-order valence-electron chi connectivity index (χ3n) is 4.84. The van der Waals surface area contributed by atoms with Crippen LogP contribution in [0.3, 0.4) is 0 Å². The standard InChI is InChI=1S/C22H33FN4O4/c1-12(2)8-15(6)31-19-10-18(27-22(30)26(7)20(25-27)13(3)4)17(23)9-16(19)21(29)24-14(5)11-28/h9-10,12-15,28H,8,11H2,1-7H3,(H,24,29). The van der Waals surface area contributed by atoms with Gasteiger partial charge in [-0.15, -0.1) is 5.10 Å². The van der Waals surface area contributed by atoms with Gasteiger partial charge in [0, 0.05) is 25.1 Å². The fourth-order valence-corrected chi connectivity index (χ4v) is 3.37. The molecule has 0 saturated carbocycles. The highest BCUT2D eigenvalue weighted by Gasteiger charge is 2.23. The van der Waals surface area contributed by atoms with E-state index in [9.17, 15) is 14.7 Å². The van der Waals surface area contributed by atoms with Gasteiger partial charge in [-0.25, -0.2) is 9.18 Å². The van der Waals surface area contributed by atoms with Crippen molar-refractivity contribution in [2.75, 3.05) is 6.61 Å². The van der Waals surface area contributed by atoms with Gasteiger partial charge in [0.25, 0.3) is 5.91 Å². The van der Waals surface area contributed by atoms with Crippen LogP contribution in [0.2, 0.25) is 0 Å². The molecule has 0 spiro atoms. The predicted octanol–water partition coefficient (Wildman–Crippen LogP) is 2.76. The quantitative estimate of drug-likeness (QED) is 0.630. The summed E-state index contributed by atoms with van der Waals surface area (Å²) in [6.45, 7) is 11.1. The van der Waals surface area contributed by atoms with Crippen molar-refractivity contribution in [1.82, 2.24) is 19.7 Å². The topological polar surface area (TPSA) is 98.4 Å². The zero-order valence-electron chi connectivity index (χ0n) is 19.3. The van der Waals surface area contributed by atoms with Crippen molar-refractivity contribution >= 4 is 5.91 Å². The van der Waals surface area contributed by atoms with Gasteiger partial charge in [0.2, 0.25) is 0 Å². The van der Waals surface area contributed by atoms with Crippen molar-refractivity contribution in [2.45, 2.75) is 66.0 Å². The number of aliphatic hydroxyl groups is 1. The average Bonchev–Trinajstić information content (AvgIpc) is 2.97. The number of aliphatic hydroxyl groups excluding tert-OH is 1. The number of nitrogens with zero attached hydrogens (tertiary/aromatic N) is 3. The molecule has 0 fully saturated rings. The van der Waals surface area contributed by atoms with E-state index in [2.05, 4.69) is 10.4 Å². The first-order valence-electron chi connectivity index (χ1n) is 10.5. The molecule has 1 heterocycles. The van der Waals surface area contributed by atoms with E-state index < -0.39 is 23.5 Å². The summed E-state index contributed by atoms with van der Waals surface area (Å²) in [7, 11) is 1.58. The zero-order chi connectivity index (χ0) is 23.5. The summed E-state index contributed by atoms with van der Waals surface area (Å²) in [4.78, 5) is 25.4. The van der Waals surface area contributed by atoms with E-state index in [4.69, 9.17) is 4.74 Å². The van der Waals surface area contributed by atoms with Crippen LogP contribution in [0.15, 0.2) is 16.9 Å².